The molecule has 140 valence electrons. The minimum absolute atomic E-state index is 0.0899. The van der Waals surface area contributed by atoms with Crippen molar-refractivity contribution in [2.24, 2.45) is 11.7 Å². The lowest BCUT2D eigenvalue weighted by Crippen LogP contribution is -2.46. The van der Waals surface area contributed by atoms with Crippen LogP contribution in [0.3, 0.4) is 0 Å². The fourth-order valence-electron chi connectivity index (χ4n) is 3.29. The van der Waals surface area contributed by atoms with E-state index in [1.165, 1.54) is 12.1 Å². The quantitative estimate of drug-likeness (QED) is 0.776. The van der Waals surface area contributed by atoms with E-state index in [0.29, 0.717) is 12.5 Å². The van der Waals surface area contributed by atoms with Gasteiger partial charge in [-0.25, -0.2) is 4.79 Å². The maximum Gasteiger partial charge on any atom is 0.416 e. The monoisotopic (exact) mass is 358 g/mol. The van der Waals surface area contributed by atoms with Gasteiger partial charge < -0.3 is 15.4 Å². The summed E-state index contributed by atoms with van der Waals surface area (Å²) in [5, 5.41) is 0. The molecule has 1 saturated carbocycles. The van der Waals surface area contributed by atoms with Gasteiger partial charge in [-0.1, -0.05) is 25.1 Å². The molecule has 25 heavy (non-hydrogen) atoms. The van der Waals surface area contributed by atoms with Crippen molar-refractivity contribution in [3.8, 4) is 0 Å². The molecule has 0 heterocycles. The summed E-state index contributed by atoms with van der Waals surface area (Å²) in [6.07, 6.45) is -0.497. The molecule has 0 spiro atoms. The molecule has 0 bridgehead atoms. The van der Waals surface area contributed by atoms with E-state index in [9.17, 15) is 18.0 Å². The molecule has 0 atom stereocenters. The zero-order valence-electron chi connectivity index (χ0n) is 14.4. The number of hydrogen-bond donors (Lipinski definition) is 1. The number of nitrogens with two attached hydrogens (primary N) is 1. The first-order chi connectivity index (χ1) is 11.8. The van der Waals surface area contributed by atoms with Crippen LogP contribution in [-0.2, 0) is 17.5 Å². The average Bonchev–Trinajstić information content (AvgIpc) is 2.55. The zero-order chi connectivity index (χ0) is 18.4. The molecular formula is C18H25F3N2O2. The summed E-state index contributed by atoms with van der Waals surface area (Å²) in [6, 6.07) is 4.94. The Labute approximate surface area is 146 Å². The summed E-state index contributed by atoms with van der Waals surface area (Å²) in [6.45, 7) is 2.49. The standard InChI is InChI=1S/C18H25F3N2O2/c1-13-6-8-15(9-7-13)23(17(22)24)10-11-25-12-14-4-2-3-5-16(14)18(19,20)21/h2-5,13,15H,6-12H2,1H3,(H2,22,24)/t13-,15-. The van der Waals surface area contributed by atoms with Gasteiger partial charge >= 0.3 is 12.2 Å². The van der Waals surface area contributed by atoms with Crippen molar-refractivity contribution >= 4 is 6.03 Å². The summed E-state index contributed by atoms with van der Waals surface area (Å²) in [5.41, 5.74) is 4.86. The smallest absolute Gasteiger partial charge is 0.375 e. The van der Waals surface area contributed by atoms with Gasteiger partial charge in [0.05, 0.1) is 18.8 Å². The van der Waals surface area contributed by atoms with E-state index in [1.54, 1.807) is 11.0 Å². The molecule has 2 amide bonds. The van der Waals surface area contributed by atoms with Crippen LogP contribution in [0.25, 0.3) is 0 Å². The second-order valence-electron chi connectivity index (χ2n) is 6.65. The molecular weight excluding hydrogens is 333 g/mol. The summed E-state index contributed by atoms with van der Waals surface area (Å²) < 4.78 is 44.2. The van der Waals surface area contributed by atoms with Crippen LogP contribution in [0.15, 0.2) is 24.3 Å². The number of rotatable bonds is 6. The summed E-state index contributed by atoms with van der Waals surface area (Å²) in [5.74, 6) is 0.654. The Kier molecular flexibility index (Phi) is 6.70. The highest BCUT2D eigenvalue weighted by molar-refractivity contribution is 5.72. The molecule has 0 aromatic heterocycles. The fraction of sp³-hybridized carbons (Fsp3) is 0.611. The minimum Gasteiger partial charge on any atom is -0.375 e. The number of alkyl halides is 3. The SMILES string of the molecule is C[C@H]1CC[C@H](N(CCOCc2ccccc2C(F)(F)F)C(N)=O)CC1. The van der Waals surface area contributed by atoms with Gasteiger partial charge in [-0.05, 0) is 43.2 Å². The van der Waals surface area contributed by atoms with Gasteiger partial charge in [-0.15, -0.1) is 0 Å². The van der Waals surface area contributed by atoms with Crippen LogP contribution in [0, 0.1) is 5.92 Å². The van der Waals surface area contributed by atoms with Crippen LogP contribution in [-0.4, -0.2) is 30.1 Å². The molecule has 0 unspecified atom stereocenters. The predicted molar refractivity (Wildman–Crippen MR) is 88.8 cm³/mol. The van der Waals surface area contributed by atoms with Crippen LogP contribution in [0.2, 0.25) is 0 Å². The highest BCUT2D eigenvalue weighted by atomic mass is 19.4. The molecule has 1 aromatic carbocycles. The number of hydrogen-bond acceptors (Lipinski definition) is 2. The van der Waals surface area contributed by atoms with Crippen molar-refractivity contribution in [3.05, 3.63) is 35.4 Å². The van der Waals surface area contributed by atoms with Crippen molar-refractivity contribution in [2.75, 3.05) is 13.2 Å². The predicted octanol–water partition coefficient (Wildman–Crippen LogP) is 4.18. The van der Waals surface area contributed by atoms with Crippen LogP contribution >= 0.6 is 0 Å². The van der Waals surface area contributed by atoms with Crippen LogP contribution < -0.4 is 5.73 Å². The number of primary amides is 1. The maximum atomic E-state index is 12.9. The first-order valence-corrected chi connectivity index (χ1v) is 8.58. The van der Waals surface area contributed by atoms with E-state index in [-0.39, 0.29) is 24.8 Å². The topological polar surface area (TPSA) is 55.6 Å². The first kappa shape index (κ1) is 19.6. The van der Waals surface area contributed by atoms with Crippen molar-refractivity contribution < 1.29 is 22.7 Å². The maximum absolute atomic E-state index is 12.9. The molecule has 1 fully saturated rings. The van der Waals surface area contributed by atoms with Crippen molar-refractivity contribution in [1.29, 1.82) is 0 Å². The van der Waals surface area contributed by atoms with Gasteiger partial charge in [0.1, 0.15) is 0 Å². The molecule has 1 aliphatic carbocycles. The van der Waals surface area contributed by atoms with Crippen LogP contribution in [0.1, 0.15) is 43.7 Å². The summed E-state index contributed by atoms with van der Waals surface area (Å²) in [4.78, 5) is 13.3. The fourth-order valence-corrected chi connectivity index (χ4v) is 3.29. The lowest BCUT2D eigenvalue weighted by atomic mass is 9.86. The van der Waals surface area contributed by atoms with Gasteiger partial charge in [-0.2, -0.15) is 13.2 Å². The van der Waals surface area contributed by atoms with Gasteiger partial charge in [-0.3, -0.25) is 0 Å². The Bertz CT molecular complexity index is 570. The number of carbonyl (C=O) groups excluding carboxylic acids is 1. The first-order valence-electron chi connectivity index (χ1n) is 8.58. The van der Waals surface area contributed by atoms with Crippen LogP contribution in [0.4, 0.5) is 18.0 Å². The summed E-state index contributed by atoms with van der Waals surface area (Å²) in [7, 11) is 0. The molecule has 1 aromatic rings. The summed E-state index contributed by atoms with van der Waals surface area (Å²) >= 11 is 0. The molecule has 1 aliphatic rings. The number of nitrogens with zero attached hydrogens (tertiary/aromatic N) is 1. The Morgan fingerprint density at radius 1 is 1.24 bits per heavy atom. The van der Waals surface area contributed by atoms with E-state index in [0.717, 1.165) is 31.7 Å². The second kappa shape index (κ2) is 8.56. The lowest BCUT2D eigenvalue weighted by molar-refractivity contribution is -0.138. The van der Waals surface area contributed by atoms with Crippen molar-refractivity contribution in [3.63, 3.8) is 0 Å². The van der Waals surface area contributed by atoms with Gasteiger partial charge in [0.2, 0.25) is 0 Å². The molecule has 7 heteroatoms. The number of carbonyl (C=O) groups is 1. The Hall–Kier alpha value is -1.76. The Morgan fingerprint density at radius 3 is 2.48 bits per heavy atom. The Balaban J connectivity index is 1.86. The molecule has 2 rings (SSSR count). The zero-order valence-corrected chi connectivity index (χ0v) is 14.4. The number of ether oxygens (including phenoxy) is 1. The molecule has 0 saturated heterocycles. The highest BCUT2D eigenvalue weighted by Crippen LogP contribution is 2.32. The number of benzene rings is 1. The third-order valence-corrected chi connectivity index (χ3v) is 4.77. The van der Waals surface area contributed by atoms with E-state index in [4.69, 9.17) is 10.5 Å². The normalized spacial score (nSPS) is 21.1. The number of halogens is 3. The van der Waals surface area contributed by atoms with E-state index in [1.807, 2.05) is 0 Å². The average molecular weight is 358 g/mol. The molecule has 4 nitrogen and oxygen atoms in total. The van der Waals surface area contributed by atoms with Gasteiger partial charge in [0, 0.05) is 12.6 Å². The van der Waals surface area contributed by atoms with E-state index in [2.05, 4.69) is 6.92 Å². The second-order valence-corrected chi connectivity index (χ2v) is 6.65. The van der Waals surface area contributed by atoms with E-state index >= 15 is 0 Å². The number of amides is 2. The largest absolute Gasteiger partial charge is 0.416 e. The Morgan fingerprint density at radius 2 is 1.88 bits per heavy atom. The van der Waals surface area contributed by atoms with Crippen LogP contribution in [0.5, 0.6) is 0 Å². The van der Waals surface area contributed by atoms with Crippen molar-refractivity contribution in [2.45, 2.75) is 51.4 Å². The molecule has 0 aliphatic heterocycles. The van der Waals surface area contributed by atoms with Crippen molar-refractivity contribution in [1.82, 2.24) is 4.90 Å². The third kappa shape index (κ3) is 5.63. The lowest BCUT2D eigenvalue weighted by Gasteiger charge is -2.35. The number of urea groups is 1. The minimum atomic E-state index is -4.40. The van der Waals surface area contributed by atoms with E-state index < -0.39 is 17.8 Å². The molecule has 2 N–H and O–H groups in total. The van der Waals surface area contributed by atoms with Gasteiger partial charge in [0.25, 0.3) is 0 Å². The highest BCUT2D eigenvalue weighted by Gasteiger charge is 2.33. The van der Waals surface area contributed by atoms with Gasteiger partial charge in [0.15, 0.2) is 0 Å². The third-order valence-electron chi connectivity index (χ3n) is 4.77. The molecule has 0 radical (unpaired) electrons.